The molecule has 1 fully saturated rings. The number of ether oxygens (including phenoxy) is 1. The number of hydrogen-bond donors (Lipinski definition) is 3. The van der Waals surface area contributed by atoms with E-state index in [2.05, 4.69) is 25.5 Å². The first-order valence-corrected chi connectivity index (χ1v) is 11.3. The summed E-state index contributed by atoms with van der Waals surface area (Å²) < 4.78 is 46.1. The van der Waals surface area contributed by atoms with Crippen LogP contribution in [0.25, 0.3) is 0 Å². The van der Waals surface area contributed by atoms with Gasteiger partial charge in [0.05, 0.1) is 18.8 Å². The molecule has 8 nitrogen and oxygen atoms in total. The highest BCUT2D eigenvalue weighted by atomic mass is 32.1. The Balaban J connectivity index is 1.60. The van der Waals surface area contributed by atoms with Crippen LogP contribution in [0.1, 0.15) is 27.7 Å². The average molecular weight is 494 g/mol. The molecule has 0 saturated carbocycles. The Hall–Kier alpha value is -3.38. The number of halogens is 3. The van der Waals surface area contributed by atoms with Crippen LogP contribution in [0.15, 0.2) is 36.5 Å². The van der Waals surface area contributed by atoms with Gasteiger partial charge in [-0.05, 0) is 36.8 Å². The fraction of sp³-hybridized carbons (Fsp3) is 0.318. The smallest absolute Gasteiger partial charge is 0.421 e. The Morgan fingerprint density at radius 1 is 1.21 bits per heavy atom. The molecule has 0 bridgehead atoms. The highest BCUT2D eigenvalue weighted by Gasteiger charge is 2.36. The summed E-state index contributed by atoms with van der Waals surface area (Å²) in [6.45, 7) is 4.71. The van der Waals surface area contributed by atoms with Crippen molar-refractivity contribution >= 4 is 45.4 Å². The second-order valence-electron chi connectivity index (χ2n) is 7.46. The van der Waals surface area contributed by atoms with Crippen molar-refractivity contribution < 1.29 is 27.8 Å². The van der Waals surface area contributed by atoms with Crippen molar-refractivity contribution in [1.29, 1.82) is 0 Å². The van der Waals surface area contributed by atoms with Crippen molar-refractivity contribution in [2.45, 2.75) is 19.5 Å². The molecule has 1 aromatic carbocycles. The van der Waals surface area contributed by atoms with E-state index in [0.29, 0.717) is 31.5 Å². The van der Waals surface area contributed by atoms with Crippen LogP contribution in [-0.4, -0.2) is 47.3 Å². The zero-order valence-corrected chi connectivity index (χ0v) is 19.0. The minimum atomic E-state index is -4.73. The largest absolute Gasteiger partial charge is 0.478 e. The number of benzene rings is 1. The fourth-order valence-electron chi connectivity index (χ4n) is 3.43. The molecule has 1 aliphatic heterocycles. The molecule has 34 heavy (non-hydrogen) atoms. The van der Waals surface area contributed by atoms with Crippen molar-refractivity contribution in [2.75, 3.05) is 41.8 Å². The van der Waals surface area contributed by atoms with Gasteiger partial charge in [-0.15, -0.1) is 11.3 Å². The minimum Gasteiger partial charge on any atom is -0.478 e. The van der Waals surface area contributed by atoms with E-state index in [1.165, 1.54) is 6.07 Å². The van der Waals surface area contributed by atoms with Gasteiger partial charge in [0.15, 0.2) is 0 Å². The maximum absolute atomic E-state index is 13.6. The van der Waals surface area contributed by atoms with E-state index in [-0.39, 0.29) is 16.5 Å². The number of thiophene rings is 1. The van der Waals surface area contributed by atoms with Crippen LogP contribution in [0.3, 0.4) is 0 Å². The molecule has 2 aromatic heterocycles. The topological polar surface area (TPSA) is 99.6 Å². The normalized spacial score (nSPS) is 14.2. The third-order valence-corrected chi connectivity index (χ3v) is 6.38. The highest BCUT2D eigenvalue weighted by Crippen LogP contribution is 2.38. The first-order valence-electron chi connectivity index (χ1n) is 10.5. The van der Waals surface area contributed by atoms with Gasteiger partial charge in [0.25, 0.3) is 0 Å². The Morgan fingerprint density at radius 2 is 1.91 bits per heavy atom. The van der Waals surface area contributed by atoms with E-state index in [0.717, 1.165) is 35.0 Å². The van der Waals surface area contributed by atoms with Crippen LogP contribution in [0.4, 0.5) is 41.3 Å². The number of aromatic carboxylic acids is 1. The molecule has 0 spiro atoms. The third-order valence-electron chi connectivity index (χ3n) is 5.19. The van der Waals surface area contributed by atoms with E-state index < -0.39 is 23.5 Å². The van der Waals surface area contributed by atoms with Crippen LogP contribution in [0.2, 0.25) is 0 Å². The number of nitrogens with one attached hydrogen (secondary N) is 2. The quantitative estimate of drug-likeness (QED) is 0.416. The van der Waals surface area contributed by atoms with E-state index in [1.807, 2.05) is 19.1 Å². The highest BCUT2D eigenvalue weighted by molar-refractivity contribution is 7.16. The first-order chi connectivity index (χ1) is 16.2. The van der Waals surface area contributed by atoms with Gasteiger partial charge in [-0.3, -0.25) is 0 Å². The summed E-state index contributed by atoms with van der Waals surface area (Å²) in [6, 6.07) is 8.81. The maximum Gasteiger partial charge on any atom is 0.421 e. The summed E-state index contributed by atoms with van der Waals surface area (Å²) >= 11 is 1.07. The van der Waals surface area contributed by atoms with Crippen molar-refractivity contribution in [2.24, 2.45) is 0 Å². The minimum absolute atomic E-state index is 0.0567. The van der Waals surface area contributed by atoms with Gasteiger partial charge >= 0.3 is 12.1 Å². The molecule has 0 unspecified atom stereocenters. The second kappa shape index (κ2) is 9.85. The molecule has 0 atom stereocenters. The number of aromatic nitrogens is 2. The van der Waals surface area contributed by atoms with Crippen molar-refractivity contribution in [3.8, 4) is 0 Å². The SMILES string of the molecule is CCc1cc(C(=O)O)c(Nc2nc(Nc3ccc(N4CCOCC4)cc3)ncc2C(F)(F)F)s1. The Labute approximate surface area is 197 Å². The fourth-order valence-corrected chi connectivity index (χ4v) is 4.41. The molecule has 0 radical (unpaired) electrons. The number of nitrogens with zero attached hydrogens (tertiary/aromatic N) is 3. The molecule has 3 heterocycles. The molecule has 12 heteroatoms. The Kier molecular flexibility index (Phi) is 6.89. The number of hydrogen-bond acceptors (Lipinski definition) is 8. The molecule has 3 aromatic rings. The van der Waals surface area contributed by atoms with Crippen LogP contribution in [-0.2, 0) is 17.3 Å². The number of anilines is 5. The Morgan fingerprint density at radius 3 is 2.53 bits per heavy atom. The van der Waals surface area contributed by atoms with Crippen LogP contribution >= 0.6 is 11.3 Å². The van der Waals surface area contributed by atoms with Gasteiger partial charge in [0.2, 0.25) is 5.95 Å². The Bertz CT molecular complexity index is 1160. The molecule has 1 saturated heterocycles. The standard InChI is InChI=1S/C22H22F3N5O3S/c1-2-15-11-16(20(31)32)19(34-15)28-18-17(22(23,24)25)12-26-21(29-18)27-13-3-5-14(6-4-13)30-7-9-33-10-8-30/h3-6,11-12H,2,7-10H2,1H3,(H,31,32)(H2,26,27,28,29). The van der Waals surface area contributed by atoms with Gasteiger partial charge in [0.1, 0.15) is 16.4 Å². The maximum atomic E-state index is 13.6. The molecule has 1 aliphatic rings. The van der Waals surface area contributed by atoms with Gasteiger partial charge in [-0.25, -0.2) is 9.78 Å². The van der Waals surface area contributed by atoms with Crippen LogP contribution in [0, 0.1) is 0 Å². The predicted molar refractivity (Wildman–Crippen MR) is 124 cm³/mol. The zero-order chi connectivity index (χ0) is 24.3. The van der Waals surface area contributed by atoms with E-state index in [9.17, 15) is 23.1 Å². The summed E-state index contributed by atoms with van der Waals surface area (Å²) in [6.07, 6.45) is -3.50. The third kappa shape index (κ3) is 5.39. The average Bonchev–Trinajstić information content (AvgIpc) is 3.23. The summed E-state index contributed by atoms with van der Waals surface area (Å²) in [5.41, 5.74) is 0.402. The van der Waals surface area contributed by atoms with Crippen LogP contribution < -0.4 is 15.5 Å². The summed E-state index contributed by atoms with van der Waals surface area (Å²) in [4.78, 5) is 22.3. The zero-order valence-electron chi connectivity index (χ0n) is 18.1. The second-order valence-corrected chi connectivity index (χ2v) is 8.60. The molecule has 0 amide bonds. The molecular weight excluding hydrogens is 471 g/mol. The number of alkyl halides is 3. The van der Waals surface area contributed by atoms with E-state index in [1.54, 1.807) is 12.1 Å². The summed E-state index contributed by atoms with van der Waals surface area (Å²) in [5, 5.41) is 15.0. The van der Waals surface area contributed by atoms with Crippen molar-refractivity contribution in [3.05, 3.63) is 52.5 Å². The predicted octanol–water partition coefficient (Wildman–Crippen LogP) is 5.14. The molecular formula is C22H22F3N5O3S. The lowest BCUT2D eigenvalue weighted by Crippen LogP contribution is -2.36. The van der Waals surface area contributed by atoms with E-state index >= 15 is 0 Å². The summed E-state index contributed by atoms with van der Waals surface area (Å²) in [7, 11) is 0. The lowest BCUT2D eigenvalue weighted by atomic mass is 10.2. The summed E-state index contributed by atoms with van der Waals surface area (Å²) in [5.74, 6) is -1.82. The van der Waals surface area contributed by atoms with Gasteiger partial charge in [0, 0.05) is 35.5 Å². The molecule has 180 valence electrons. The monoisotopic (exact) mass is 493 g/mol. The van der Waals surface area contributed by atoms with Crippen LogP contribution in [0.5, 0.6) is 0 Å². The van der Waals surface area contributed by atoms with Crippen molar-refractivity contribution in [3.63, 3.8) is 0 Å². The number of aryl methyl sites for hydroxylation is 1. The van der Waals surface area contributed by atoms with Gasteiger partial charge in [-0.1, -0.05) is 6.92 Å². The van der Waals surface area contributed by atoms with Gasteiger partial charge in [-0.2, -0.15) is 18.2 Å². The first kappa shape index (κ1) is 23.8. The number of carboxylic acids is 1. The van der Waals surface area contributed by atoms with Gasteiger partial charge < -0.3 is 25.4 Å². The molecule has 4 rings (SSSR count). The van der Waals surface area contributed by atoms with Crippen molar-refractivity contribution in [1.82, 2.24) is 9.97 Å². The molecule has 3 N–H and O–H groups in total. The number of carbonyl (C=O) groups is 1. The number of carboxylic acid groups (broad SMARTS) is 1. The van der Waals surface area contributed by atoms with E-state index in [4.69, 9.17) is 4.74 Å². The number of rotatable bonds is 7. The lowest BCUT2D eigenvalue weighted by Gasteiger charge is -2.28. The number of morpholine rings is 1. The lowest BCUT2D eigenvalue weighted by molar-refractivity contribution is -0.137. The molecule has 0 aliphatic carbocycles.